The lowest BCUT2D eigenvalue weighted by Gasteiger charge is -2.27. The van der Waals surface area contributed by atoms with E-state index in [9.17, 15) is 13.2 Å². The van der Waals surface area contributed by atoms with Crippen molar-refractivity contribution in [2.24, 2.45) is 0 Å². The molecular weight excluding hydrogens is 259 g/mol. The fraction of sp³-hybridized carbons (Fsp3) is 0.364. The fourth-order valence-electron chi connectivity index (χ4n) is 1.86. The molecule has 0 atom stereocenters. The van der Waals surface area contributed by atoms with Crippen molar-refractivity contribution in [2.45, 2.75) is 12.2 Å². The van der Waals surface area contributed by atoms with E-state index in [0.29, 0.717) is 11.4 Å². The molecule has 0 aliphatic carbocycles. The van der Waals surface area contributed by atoms with Crippen molar-refractivity contribution in [2.75, 3.05) is 13.1 Å². The molecule has 2 aromatic rings. The van der Waals surface area contributed by atoms with Crippen molar-refractivity contribution >= 4 is 0 Å². The highest BCUT2D eigenvalue weighted by molar-refractivity contribution is 5.53. The third-order valence-corrected chi connectivity index (χ3v) is 3.03. The van der Waals surface area contributed by atoms with Crippen LogP contribution in [0.3, 0.4) is 0 Å². The standard InChI is InChI=1S/C11H10F3N5/c12-11(13,14)7-1-2-9(16-3-7)10-6-17-18-19(10)8-4-15-5-8/h1-3,6,8,15H,4-5H2. The van der Waals surface area contributed by atoms with E-state index < -0.39 is 11.7 Å². The topological polar surface area (TPSA) is 55.6 Å². The fourth-order valence-corrected chi connectivity index (χ4v) is 1.86. The van der Waals surface area contributed by atoms with Crippen LogP contribution in [0.25, 0.3) is 11.4 Å². The van der Waals surface area contributed by atoms with Crippen molar-refractivity contribution in [3.8, 4) is 11.4 Å². The van der Waals surface area contributed by atoms with Crippen molar-refractivity contribution < 1.29 is 13.2 Å². The number of aromatic nitrogens is 4. The zero-order valence-corrected chi connectivity index (χ0v) is 9.72. The Labute approximate surface area is 106 Å². The van der Waals surface area contributed by atoms with Crippen LogP contribution in [0, 0.1) is 0 Å². The Morgan fingerprint density at radius 3 is 2.53 bits per heavy atom. The van der Waals surface area contributed by atoms with E-state index in [2.05, 4.69) is 20.6 Å². The molecule has 0 bridgehead atoms. The summed E-state index contributed by atoms with van der Waals surface area (Å²) < 4.78 is 39.1. The van der Waals surface area contributed by atoms with Gasteiger partial charge in [-0.2, -0.15) is 13.2 Å². The summed E-state index contributed by atoms with van der Waals surface area (Å²) in [6, 6.07) is 2.53. The Morgan fingerprint density at radius 2 is 2.00 bits per heavy atom. The molecule has 5 nitrogen and oxygen atoms in total. The Morgan fingerprint density at radius 1 is 1.21 bits per heavy atom. The van der Waals surface area contributed by atoms with Crippen molar-refractivity contribution in [1.29, 1.82) is 0 Å². The molecule has 19 heavy (non-hydrogen) atoms. The number of pyridine rings is 1. The molecule has 1 saturated heterocycles. The van der Waals surface area contributed by atoms with Gasteiger partial charge < -0.3 is 5.32 Å². The van der Waals surface area contributed by atoms with Gasteiger partial charge in [-0.15, -0.1) is 5.10 Å². The van der Waals surface area contributed by atoms with Crippen LogP contribution in [-0.2, 0) is 6.18 Å². The number of nitrogens with one attached hydrogen (secondary N) is 1. The normalized spacial score (nSPS) is 16.4. The van der Waals surface area contributed by atoms with Gasteiger partial charge in [-0.25, -0.2) is 4.68 Å². The van der Waals surface area contributed by atoms with Gasteiger partial charge in [0.1, 0.15) is 5.69 Å². The highest BCUT2D eigenvalue weighted by Crippen LogP contribution is 2.30. The van der Waals surface area contributed by atoms with Gasteiger partial charge in [-0.3, -0.25) is 4.98 Å². The quantitative estimate of drug-likeness (QED) is 0.897. The molecule has 0 spiro atoms. The van der Waals surface area contributed by atoms with Gasteiger partial charge in [0, 0.05) is 19.3 Å². The summed E-state index contributed by atoms with van der Waals surface area (Å²) in [7, 11) is 0. The Balaban J connectivity index is 1.92. The molecule has 1 aliphatic rings. The maximum Gasteiger partial charge on any atom is 0.417 e. The average Bonchev–Trinajstić information content (AvgIpc) is 2.75. The Kier molecular flexibility index (Phi) is 2.74. The average molecular weight is 269 g/mol. The summed E-state index contributed by atoms with van der Waals surface area (Å²) in [5.74, 6) is 0. The van der Waals surface area contributed by atoms with E-state index in [1.54, 1.807) is 4.68 Å². The summed E-state index contributed by atoms with van der Waals surface area (Å²) in [6.07, 6.45) is -2.04. The Bertz CT molecular complexity index is 571. The summed E-state index contributed by atoms with van der Waals surface area (Å²) >= 11 is 0. The first-order chi connectivity index (χ1) is 9.05. The van der Waals surface area contributed by atoms with E-state index in [-0.39, 0.29) is 6.04 Å². The minimum absolute atomic E-state index is 0.182. The maximum atomic E-state index is 12.5. The number of alkyl halides is 3. The summed E-state index contributed by atoms with van der Waals surface area (Å²) in [4.78, 5) is 3.85. The monoisotopic (exact) mass is 269 g/mol. The Hall–Kier alpha value is -1.96. The predicted molar refractivity (Wildman–Crippen MR) is 60.2 cm³/mol. The van der Waals surface area contributed by atoms with Gasteiger partial charge >= 0.3 is 6.18 Å². The lowest BCUT2D eigenvalue weighted by Crippen LogP contribution is -2.44. The molecule has 3 heterocycles. The van der Waals surface area contributed by atoms with Crippen molar-refractivity contribution in [1.82, 2.24) is 25.3 Å². The first-order valence-corrected chi connectivity index (χ1v) is 5.70. The van der Waals surface area contributed by atoms with Gasteiger partial charge in [-0.1, -0.05) is 5.21 Å². The lowest BCUT2D eigenvalue weighted by atomic mass is 10.1. The minimum Gasteiger partial charge on any atom is -0.312 e. The molecule has 1 N–H and O–H groups in total. The van der Waals surface area contributed by atoms with E-state index in [1.165, 1.54) is 12.3 Å². The molecule has 0 radical (unpaired) electrons. The number of halogens is 3. The second-order valence-electron chi connectivity index (χ2n) is 4.31. The minimum atomic E-state index is -4.37. The molecule has 0 amide bonds. The summed E-state index contributed by atoms with van der Waals surface area (Å²) in [6.45, 7) is 1.55. The highest BCUT2D eigenvalue weighted by atomic mass is 19.4. The van der Waals surface area contributed by atoms with E-state index in [1.807, 2.05) is 0 Å². The smallest absolute Gasteiger partial charge is 0.312 e. The first-order valence-electron chi connectivity index (χ1n) is 5.70. The largest absolute Gasteiger partial charge is 0.417 e. The third kappa shape index (κ3) is 2.19. The van der Waals surface area contributed by atoms with Gasteiger partial charge in [-0.05, 0) is 12.1 Å². The SMILES string of the molecule is FC(F)(F)c1ccc(-c2cnnn2C2CNC2)nc1. The number of hydrogen-bond acceptors (Lipinski definition) is 4. The van der Waals surface area contributed by atoms with Crippen LogP contribution in [-0.4, -0.2) is 33.1 Å². The van der Waals surface area contributed by atoms with Gasteiger partial charge in [0.25, 0.3) is 0 Å². The van der Waals surface area contributed by atoms with Crippen molar-refractivity contribution in [3.05, 3.63) is 30.1 Å². The second kappa shape index (κ2) is 4.30. The third-order valence-electron chi connectivity index (χ3n) is 3.03. The van der Waals surface area contributed by atoms with Gasteiger partial charge in [0.2, 0.25) is 0 Å². The van der Waals surface area contributed by atoms with E-state index in [4.69, 9.17) is 0 Å². The van der Waals surface area contributed by atoms with Crippen LogP contribution in [0.1, 0.15) is 11.6 Å². The van der Waals surface area contributed by atoms with Crippen LogP contribution >= 0.6 is 0 Å². The summed E-state index contributed by atoms with van der Waals surface area (Å²) in [5.41, 5.74) is 0.297. The highest BCUT2D eigenvalue weighted by Gasteiger charge is 2.31. The number of rotatable bonds is 2. The van der Waals surface area contributed by atoms with Crippen LogP contribution in [0.15, 0.2) is 24.5 Å². The molecule has 1 fully saturated rings. The van der Waals surface area contributed by atoms with Crippen LogP contribution in [0.2, 0.25) is 0 Å². The van der Waals surface area contributed by atoms with E-state index in [0.717, 1.165) is 25.4 Å². The molecule has 0 aromatic carbocycles. The maximum absolute atomic E-state index is 12.5. The molecule has 0 unspecified atom stereocenters. The molecule has 8 heteroatoms. The second-order valence-corrected chi connectivity index (χ2v) is 4.31. The summed E-state index contributed by atoms with van der Waals surface area (Å²) in [5, 5.41) is 10.8. The van der Waals surface area contributed by atoms with Gasteiger partial charge in [0.05, 0.1) is 23.5 Å². The van der Waals surface area contributed by atoms with Crippen LogP contribution in [0.4, 0.5) is 13.2 Å². The molecule has 1 aliphatic heterocycles. The number of hydrogen-bond donors (Lipinski definition) is 1. The van der Waals surface area contributed by atoms with Crippen LogP contribution < -0.4 is 5.32 Å². The van der Waals surface area contributed by atoms with Gasteiger partial charge in [0.15, 0.2) is 0 Å². The molecular formula is C11H10F3N5. The predicted octanol–water partition coefficient (Wildman–Crippen LogP) is 1.50. The molecule has 0 saturated carbocycles. The molecule has 100 valence electrons. The number of nitrogens with zero attached hydrogens (tertiary/aromatic N) is 4. The molecule has 2 aromatic heterocycles. The van der Waals surface area contributed by atoms with Crippen LogP contribution in [0.5, 0.6) is 0 Å². The zero-order chi connectivity index (χ0) is 13.5. The zero-order valence-electron chi connectivity index (χ0n) is 9.72. The first kappa shape index (κ1) is 12.1. The van der Waals surface area contributed by atoms with Crippen molar-refractivity contribution in [3.63, 3.8) is 0 Å². The lowest BCUT2D eigenvalue weighted by molar-refractivity contribution is -0.137. The molecule has 3 rings (SSSR count). The van der Waals surface area contributed by atoms with E-state index >= 15 is 0 Å².